The van der Waals surface area contributed by atoms with Gasteiger partial charge < -0.3 is 19.4 Å². The van der Waals surface area contributed by atoms with E-state index >= 15 is 0 Å². The van der Waals surface area contributed by atoms with Crippen LogP contribution in [-0.4, -0.2) is 60.3 Å². The van der Waals surface area contributed by atoms with Gasteiger partial charge in [-0.1, -0.05) is 48.5 Å². The van der Waals surface area contributed by atoms with Crippen molar-refractivity contribution in [3.05, 3.63) is 77.6 Å². The number of aromatic nitrogens is 2. The molecule has 1 N–H and O–H groups in total. The summed E-state index contributed by atoms with van der Waals surface area (Å²) in [6.07, 6.45) is 3.21. The first-order valence-electron chi connectivity index (χ1n) is 11.9. The summed E-state index contributed by atoms with van der Waals surface area (Å²) in [5.74, 6) is 0.0976. The number of para-hydroxylation sites is 1. The Labute approximate surface area is 215 Å². The molecule has 36 heavy (non-hydrogen) atoms. The normalized spacial score (nSPS) is 12.1. The van der Waals surface area contributed by atoms with Crippen molar-refractivity contribution < 1.29 is 19.1 Å². The molecule has 0 aliphatic heterocycles. The largest absolute Gasteiger partial charge is 0.468 e. The average molecular weight is 506 g/mol. The molecule has 0 amide bonds. The summed E-state index contributed by atoms with van der Waals surface area (Å²) in [7, 11) is 2.77. The molecular weight excluding hydrogens is 474 g/mol. The molecule has 0 saturated carbocycles. The third-order valence-corrected chi connectivity index (χ3v) is 6.89. The van der Waals surface area contributed by atoms with Crippen molar-refractivity contribution in [2.45, 2.75) is 25.4 Å². The van der Waals surface area contributed by atoms with Gasteiger partial charge in [-0.2, -0.15) is 11.8 Å². The lowest BCUT2D eigenvalue weighted by Gasteiger charge is -2.17. The van der Waals surface area contributed by atoms with Crippen molar-refractivity contribution in [1.82, 2.24) is 14.9 Å². The monoisotopic (exact) mass is 505 g/mol. The Bertz CT molecular complexity index is 1350. The van der Waals surface area contributed by atoms with Crippen LogP contribution in [0.25, 0.3) is 21.8 Å². The number of ether oxygens (including phenoxy) is 2. The fourth-order valence-electron chi connectivity index (χ4n) is 4.51. The van der Waals surface area contributed by atoms with Crippen LogP contribution < -0.4 is 5.32 Å². The second-order valence-electron chi connectivity index (χ2n) is 8.49. The number of rotatable bonds is 11. The molecule has 7 nitrogen and oxygen atoms in total. The highest BCUT2D eigenvalue weighted by Crippen LogP contribution is 2.32. The molecule has 188 valence electrons. The predicted octanol–water partition coefficient (Wildman–Crippen LogP) is 4.45. The molecule has 0 aliphatic carbocycles. The first-order valence-corrected chi connectivity index (χ1v) is 13.3. The number of nitrogens with one attached hydrogen (secondary N) is 1. The van der Waals surface area contributed by atoms with Gasteiger partial charge >= 0.3 is 11.9 Å². The maximum Gasteiger partial charge on any atom is 0.356 e. The Morgan fingerprint density at radius 1 is 1.03 bits per heavy atom. The van der Waals surface area contributed by atoms with Gasteiger partial charge in [0.25, 0.3) is 0 Å². The number of nitrogens with zero attached hydrogens (tertiary/aromatic N) is 2. The van der Waals surface area contributed by atoms with Gasteiger partial charge in [-0.3, -0.25) is 4.79 Å². The first kappa shape index (κ1) is 25.7. The Hall–Kier alpha value is -3.36. The lowest BCUT2D eigenvalue weighted by atomic mass is 10.1. The standard InChI is InChI=1S/C28H31N3O4S/c1-34-27(32)23(14-16-36-3)29-15-13-22-26-21(17-24(30-22)28(33)35-2)20-11-7-8-12-25(20)31(26)18-19-9-5-4-6-10-19/h4-12,17,23,29H,13-16,18H2,1-3H3/t23-/m0/s1. The van der Waals surface area contributed by atoms with Gasteiger partial charge in [0.1, 0.15) is 11.7 Å². The van der Waals surface area contributed by atoms with Crippen molar-refractivity contribution >= 4 is 45.5 Å². The molecule has 2 heterocycles. The molecule has 8 heteroatoms. The SMILES string of the molecule is COC(=O)c1cc2c3ccccc3n(Cc3ccccc3)c2c(CCN[C@@H](CCSC)C(=O)OC)n1. The summed E-state index contributed by atoms with van der Waals surface area (Å²) < 4.78 is 12.2. The second kappa shape index (κ2) is 12.1. The fraction of sp³-hybridized carbons (Fsp3) is 0.321. The molecular formula is C28H31N3O4S. The van der Waals surface area contributed by atoms with Crippen molar-refractivity contribution in [1.29, 1.82) is 0 Å². The molecule has 0 bridgehead atoms. The number of esters is 2. The topological polar surface area (TPSA) is 82.5 Å². The number of carbonyl (C=O) groups excluding carboxylic acids is 2. The van der Waals surface area contributed by atoms with Crippen LogP contribution in [0, 0.1) is 0 Å². The smallest absolute Gasteiger partial charge is 0.356 e. The zero-order valence-electron chi connectivity index (χ0n) is 20.8. The maximum atomic E-state index is 12.5. The molecule has 0 aliphatic rings. The van der Waals surface area contributed by atoms with E-state index in [2.05, 4.69) is 34.1 Å². The van der Waals surface area contributed by atoms with Crippen LogP contribution in [-0.2, 0) is 27.2 Å². The molecule has 0 fully saturated rings. The van der Waals surface area contributed by atoms with Crippen LogP contribution >= 0.6 is 11.8 Å². The van der Waals surface area contributed by atoms with E-state index in [1.807, 2.05) is 42.7 Å². The zero-order chi connectivity index (χ0) is 25.5. The fourth-order valence-corrected chi connectivity index (χ4v) is 4.99. The molecule has 2 aromatic heterocycles. The van der Waals surface area contributed by atoms with Crippen LogP contribution in [0.15, 0.2) is 60.7 Å². The van der Waals surface area contributed by atoms with Crippen molar-refractivity contribution in [2.24, 2.45) is 0 Å². The number of hydrogen-bond donors (Lipinski definition) is 1. The molecule has 4 rings (SSSR count). The number of methoxy groups -OCH3 is 2. The van der Waals surface area contributed by atoms with Crippen molar-refractivity contribution in [2.75, 3.05) is 32.8 Å². The van der Waals surface area contributed by atoms with Gasteiger partial charge in [-0.15, -0.1) is 0 Å². The van der Waals surface area contributed by atoms with E-state index in [4.69, 9.17) is 14.5 Å². The Morgan fingerprint density at radius 3 is 2.50 bits per heavy atom. The third kappa shape index (κ3) is 5.55. The lowest BCUT2D eigenvalue weighted by molar-refractivity contribution is -0.143. The second-order valence-corrected chi connectivity index (χ2v) is 9.48. The minimum absolute atomic E-state index is 0.273. The minimum atomic E-state index is -0.474. The summed E-state index contributed by atoms with van der Waals surface area (Å²) in [4.78, 5) is 29.5. The average Bonchev–Trinajstić information content (AvgIpc) is 3.23. The van der Waals surface area contributed by atoms with Crippen LogP contribution in [0.1, 0.15) is 28.2 Å². The van der Waals surface area contributed by atoms with Gasteiger partial charge in [-0.05, 0) is 36.1 Å². The van der Waals surface area contributed by atoms with Crippen LogP contribution in [0.5, 0.6) is 0 Å². The quantitative estimate of drug-likeness (QED) is 0.302. The summed E-state index contributed by atoms with van der Waals surface area (Å²) in [5, 5.41) is 5.34. The lowest BCUT2D eigenvalue weighted by Crippen LogP contribution is -2.39. The summed E-state index contributed by atoms with van der Waals surface area (Å²) in [6, 6.07) is 19.9. The Morgan fingerprint density at radius 2 is 1.78 bits per heavy atom. The molecule has 4 aromatic rings. The summed E-state index contributed by atoms with van der Waals surface area (Å²) in [6.45, 7) is 1.18. The van der Waals surface area contributed by atoms with Crippen LogP contribution in [0.3, 0.4) is 0 Å². The number of benzene rings is 2. The van der Waals surface area contributed by atoms with Gasteiger partial charge in [0.05, 0.1) is 25.4 Å². The van der Waals surface area contributed by atoms with E-state index in [-0.39, 0.29) is 11.7 Å². The number of pyridine rings is 1. The number of fused-ring (bicyclic) bond motifs is 3. The van der Waals surface area contributed by atoms with Crippen LogP contribution in [0.2, 0.25) is 0 Å². The molecule has 0 radical (unpaired) electrons. The van der Waals surface area contributed by atoms with Crippen molar-refractivity contribution in [3.63, 3.8) is 0 Å². The molecule has 1 atom stereocenters. The summed E-state index contributed by atoms with van der Waals surface area (Å²) in [5.41, 5.74) is 4.27. The maximum absolute atomic E-state index is 12.5. The Balaban J connectivity index is 1.78. The highest BCUT2D eigenvalue weighted by Gasteiger charge is 2.21. The Kier molecular flexibility index (Phi) is 8.61. The predicted molar refractivity (Wildman–Crippen MR) is 145 cm³/mol. The minimum Gasteiger partial charge on any atom is -0.468 e. The molecule has 2 aromatic carbocycles. The first-order chi connectivity index (χ1) is 17.6. The van der Waals surface area contributed by atoms with E-state index in [1.165, 1.54) is 19.8 Å². The van der Waals surface area contributed by atoms with Gasteiger partial charge in [0, 0.05) is 35.8 Å². The number of thioether (sulfide) groups is 1. The van der Waals surface area contributed by atoms with E-state index in [0.29, 0.717) is 25.9 Å². The number of carbonyl (C=O) groups is 2. The summed E-state index contributed by atoms with van der Waals surface area (Å²) >= 11 is 1.69. The molecule has 0 spiro atoms. The van der Waals surface area contributed by atoms with Gasteiger partial charge in [0.2, 0.25) is 0 Å². The zero-order valence-corrected chi connectivity index (χ0v) is 21.6. The molecule has 0 saturated heterocycles. The van der Waals surface area contributed by atoms with E-state index < -0.39 is 12.0 Å². The van der Waals surface area contributed by atoms with Crippen molar-refractivity contribution in [3.8, 4) is 0 Å². The van der Waals surface area contributed by atoms with E-state index in [1.54, 1.807) is 11.8 Å². The highest BCUT2D eigenvalue weighted by atomic mass is 32.2. The van der Waals surface area contributed by atoms with Crippen LogP contribution in [0.4, 0.5) is 0 Å². The van der Waals surface area contributed by atoms with E-state index in [0.717, 1.165) is 33.3 Å². The van der Waals surface area contributed by atoms with Gasteiger partial charge in [-0.25, -0.2) is 9.78 Å². The number of hydrogen-bond acceptors (Lipinski definition) is 7. The van der Waals surface area contributed by atoms with Gasteiger partial charge in [0.15, 0.2) is 0 Å². The van der Waals surface area contributed by atoms with E-state index in [9.17, 15) is 9.59 Å². The highest BCUT2D eigenvalue weighted by molar-refractivity contribution is 7.98. The third-order valence-electron chi connectivity index (χ3n) is 6.25. The molecule has 0 unspecified atom stereocenters.